The molecular weight excluding hydrogens is 328 g/mol. The van der Waals surface area contributed by atoms with Gasteiger partial charge < -0.3 is 9.84 Å². The van der Waals surface area contributed by atoms with E-state index >= 15 is 0 Å². The second kappa shape index (κ2) is 19.7. The summed E-state index contributed by atoms with van der Waals surface area (Å²) in [6, 6.07) is 0. The van der Waals surface area contributed by atoms with E-state index in [1.807, 2.05) is 6.92 Å². The van der Waals surface area contributed by atoms with Gasteiger partial charge in [0.25, 0.3) is 0 Å². The summed E-state index contributed by atoms with van der Waals surface area (Å²) < 4.78 is 5.02. The molecule has 0 saturated carbocycles. The van der Waals surface area contributed by atoms with Crippen LogP contribution in [0.5, 0.6) is 0 Å². The molecule has 0 aromatic carbocycles. The van der Waals surface area contributed by atoms with Gasteiger partial charge in [0.15, 0.2) is 0 Å². The molecule has 0 aliphatic heterocycles. The van der Waals surface area contributed by atoms with Crippen molar-refractivity contribution >= 4 is 11.9 Å². The van der Waals surface area contributed by atoms with Crippen molar-refractivity contribution in [1.82, 2.24) is 0 Å². The summed E-state index contributed by atoms with van der Waals surface area (Å²) >= 11 is 0. The molecule has 0 heterocycles. The van der Waals surface area contributed by atoms with E-state index in [2.05, 4.69) is 27.0 Å². The summed E-state index contributed by atoms with van der Waals surface area (Å²) in [5, 5.41) is 8.52. The van der Waals surface area contributed by atoms with Gasteiger partial charge in [0.05, 0.1) is 6.10 Å². The van der Waals surface area contributed by atoms with Crippen molar-refractivity contribution in [2.45, 2.75) is 104 Å². The predicted octanol–water partition coefficient (Wildman–Crippen LogP) is 6.45. The molecule has 0 fully saturated rings. The smallest absolute Gasteiger partial charge is 0.330 e. The third-order valence-corrected chi connectivity index (χ3v) is 4.08. The number of carbonyl (C=O) groups excluding carboxylic acids is 1. The first kappa shape index (κ1) is 26.6. The highest BCUT2D eigenvalue weighted by Crippen LogP contribution is 2.10. The fraction of sp³-hybridized carbons (Fsp3) is 0.727. The first-order valence-electron chi connectivity index (χ1n) is 10.1. The van der Waals surface area contributed by atoms with Gasteiger partial charge in [0.2, 0.25) is 0 Å². The minimum absolute atomic E-state index is 0.0300. The highest BCUT2D eigenvalue weighted by atomic mass is 16.5. The predicted molar refractivity (Wildman–Crippen MR) is 109 cm³/mol. The lowest BCUT2D eigenvalue weighted by atomic mass is 10.1. The largest absolute Gasteiger partial charge is 0.478 e. The summed E-state index contributed by atoms with van der Waals surface area (Å²) in [4.78, 5) is 21.1. The Morgan fingerprint density at radius 2 is 1.46 bits per heavy atom. The van der Waals surface area contributed by atoms with Gasteiger partial charge in [-0.15, -0.1) is 0 Å². The zero-order valence-corrected chi connectivity index (χ0v) is 17.2. The van der Waals surface area contributed by atoms with Crippen molar-refractivity contribution in [2.75, 3.05) is 0 Å². The Balaban J connectivity index is 0. The van der Waals surface area contributed by atoms with E-state index < -0.39 is 5.97 Å². The SMILES string of the molecule is C=C(CCCCCCCC)C(=O)O.C=CC(=O)OC(C)CCCCCC. The Morgan fingerprint density at radius 3 is 1.96 bits per heavy atom. The number of rotatable bonds is 15. The molecule has 0 bridgehead atoms. The van der Waals surface area contributed by atoms with E-state index in [4.69, 9.17) is 9.84 Å². The summed E-state index contributed by atoms with van der Waals surface area (Å²) in [6.07, 6.45) is 14.8. The van der Waals surface area contributed by atoms with Crippen LogP contribution < -0.4 is 0 Å². The number of carboxylic acid groups (broad SMARTS) is 1. The van der Waals surface area contributed by atoms with Gasteiger partial charge in [-0.2, -0.15) is 0 Å². The molecule has 0 spiro atoms. The Kier molecular flexibility index (Phi) is 20.2. The Morgan fingerprint density at radius 1 is 0.962 bits per heavy atom. The highest BCUT2D eigenvalue weighted by Gasteiger charge is 2.05. The van der Waals surface area contributed by atoms with E-state index in [0.717, 1.165) is 25.7 Å². The Hall–Kier alpha value is -1.58. The first-order chi connectivity index (χ1) is 12.4. The average Bonchev–Trinajstić information content (AvgIpc) is 2.61. The standard InChI is InChI=1S/2C11H20O2/c1-4-6-7-8-9-10(3)13-11(12)5-2;1-3-4-5-6-7-8-9-10(2)11(12)13/h5,10H,2,4,6-9H2,1,3H3;2-9H2,1H3,(H,12,13). The van der Waals surface area contributed by atoms with E-state index in [9.17, 15) is 9.59 Å². The molecule has 0 rings (SSSR count). The number of unbranched alkanes of at least 4 members (excludes halogenated alkanes) is 8. The van der Waals surface area contributed by atoms with Gasteiger partial charge in [-0.05, 0) is 32.6 Å². The molecule has 1 unspecified atom stereocenters. The van der Waals surface area contributed by atoms with Crippen LogP contribution >= 0.6 is 0 Å². The second-order valence-electron chi connectivity index (χ2n) is 6.73. The normalized spacial score (nSPS) is 11.0. The van der Waals surface area contributed by atoms with Gasteiger partial charge in [-0.3, -0.25) is 0 Å². The van der Waals surface area contributed by atoms with Gasteiger partial charge >= 0.3 is 11.9 Å². The average molecular weight is 369 g/mol. The molecule has 4 nitrogen and oxygen atoms in total. The van der Waals surface area contributed by atoms with Crippen LogP contribution in [0.15, 0.2) is 24.8 Å². The monoisotopic (exact) mass is 368 g/mol. The van der Waals surface area contributed by atoms with Crippen molar-refractivity contribution in [3.8, 4) is 0 Å². The van der Waals surface area contributed by atoms with Crippen LogP contribution in [-0.2, 0) is 14.3 Å². The maximum absolute atomic E-state index is 10.8. The van der Waals surface area contributed by atoms with E-state index in [-0.39, 0.29) is 12.1 Å². The molecule has 0 aromatic rings. The third-order valence-electron chi connectivity index (χ3n) is 4.08. The molecule has 0 radical (unpaired) electrons. The molecule has 0 aliphatic carbocycles. The van der Waals surface area contributed by atoms with E-state index in [1.54, 1.807) is 0 Å². The van der Waals surface area contributed by atoms with Crippen LogP contribution in [0.4, 0.5) is 0 Å². The highest BCUT2D eigenvalue weighted by molar-refractivity contribution is 5.85. The van der Waals surface area contributed by atoms with Gasteiger partial charge in [-0.25, -0.2) is 9.59 Å². The molecule has 1 atom stereocenters. The summed E-state index contributed by atoms with van der Waals surface area (Å²) in [5.74, 6) is -1.17. The number of aliphatic carboxylic acids is 1. The molecule has 0 aromatic heterocycles. The molecule has 1 N–H and O–H groups in total. The molecule has 0 saturated heterocycles. The lowest BCUT2D eigenvalue weighted by Gasteiger charge is -2.10. The van der Waals surface area contributed by atoms with Gasteiger partial charge in [-0.1, -0.05) is 78.4 Å². The molecule has 152 valence electrons. The number of esters is 1. The lowest BCUT2D eigenvalue weighted by molar-refractivity contribution is -0.142. The first-order valence-corrected chi connectivity index (χ1v) is 10.1. The summed E-state index contributed by atoms with van der Waals surface area (Å²) in [5.41, 5.74) is 0.343. The number of ether oxygens (including phenoxy) is 1. The fourth-order valence-electron chi connectivity index (χ4n) is 2.39. The zero-order valence-electron chi connectivity index (χ0n) is 17.2. The third kappa shape index (κ3) is 20.5. The zero-order chi connectivity index (χ0) is 20.2. The quantitative estimate of drug-likeness (QED) is 0.205. The van der Waals surface area contributed by atoms with Crippen molar-refractivity contribution in [2.24, 2.45) is 0 Å². The van der Waals surface area contributed by atoms with Crippen molar-refractivity contribution in [3.05, 3.63) is 24.8 Å². The van der Waals surface area contributed by atoms with Crippen molar-refractivity contribution < 1.29 is 19.4 Å². The van der Waals surface area contributed by atoms with Gasteiger partial charge in [0.1, 0.15) is 0 Å². The number of hydrogen-bond acceptors (Lipinski definition) is 3. The van der Waals surface area contributed by atoms with Crippen LogP contribution in [-0.4, -0.2) is 23.1 Å². The molecule has 0 aliphatic rings. The van der Waals surface area contributed by atoms with Crippen LogP contribution in [0, 0.1) is 0 Å². The molecular formula is C22H40O4. The topological polar surface area (TPSA) is 63.6 Å². The Labute approximate surface area is 160 Å². The Bertz CT molecular complexity index is 388. The maximum Gasteiger partial charge on any atom is 0.330 e. The molecule has 0 amide bonds. The van der Waals surface area contributed by atoms with Crippen LogP contribution in [0.2, 0.25) is 0 Å². The van der Waals surface area contributed by atoms with Crippen molar-refractivity contribution in [3.63, 3.8) is 0 Å². The fourth-order valence-corrected chi connectivity index (χ4v) is 2.39. The maximum atomic E-state index is 10.8. The second-order valence-corrected chi connectivity index (χ2v) is 6.73. The van der Waals surface area contributed by atoms with Crippen LogP contribution in [0.25, 0.3) is 0 Å². The number of carboxylic acids is 1. The van der Waals surface area contributed by atoms with Gasteiger partial charge in [0, 0.05) is 11.6 Å². The number of carbonyl (C=O) groups is 2. The van der Waals surface area contributed by atoms with E-state index in [1.165, 1.54) is 51.0 Å². The summed E-state index contributed by atoms with van der Waals surface area (Å²) in [6.45, 7) is 13.1. The molecule has 26 heavy (non-hydrogen) atoms. The minimum Gasteiger partial charge on any atom is -0.478 e. The number of hydrogen-bond donors (Lipinski definition) is 1. The van der Waals surface area contributed by atoms with Crippen LogP contribution in [0.3, 0.4) is 0 Å². The molecule has 4 heteroatoms. The lowest BCUT2D eigenvalue weighted by Crippen LogP contribution is -2.12. The van der Waals surface area contributed by atoms with E-state index in [0.29, 0.717) is 12.0 Å². The van der Waals surface area contributed by atoms with Crippen LogP contribution in [0.1, 0.15) is 97.8 Å². The van der Waals surface area contributed by atoms with Crippen molar-refractivity contribution in [1.29, 1.82) is 0 Å². The minimum atomic E-state index is -0.853. The summed E-state index contributed by atoms with van der Waals surface area (Å²) in [7, 11) is 0.